The van der Waals surface area contributed by atoms with Gasteiger partial charge in [-0.15, -0.1) is 6.58 Å². The number of rotatable bonds is 4. The largest absolute Gasteiger partial charge is 0.355 e. The average molecular weight is 169 g/mol. The highest BCUT2D eigenvalue weighted by molar-refractivity contribution is 5.77. The summed E-state index contributed by atoms with van der Waals surface area (Å²) in [4.78, 5) is 11.2. The van der Waals surface area contributed by atoms with Gasteiger partial charge in [0.2, 0.25) is 5.91 Å². The van der Waals surface area contributed by atoms with Crippen LogP contribution < -0.4 is 5.32 Å². The quantitative estimate of drug-likeness (QED) is 0.640. The van der Waals surface area contributed by atoms with Crippen molar-refractivity contribution >= 4 is 5.91 Å². The molecule has 0 bridgehead atoms. The molecule has 0 aliphatic rings. The molecule has 0 saturated carbocycles. The van der Waals surface area contributed by atoms with E-state index in [4.69, 9.17) is 0 Å². The Morgan fingerprint density at radius 3 is 2.42 bits per heavy atom. The summed E-state index contributed by atoms with van der Waals surface area (Å²) in [7, 11) is 0. The van der Waals surface area contributed by atoms with Gasteiger partial charge in [0.1, 0.15) is 0 Å². The molecule has 2 heteroatoms. The molecule has 0 aromatic heterocycles. The number of nitrogens with one attached hydrogen (secondary N) is 1. The normalized spacial score (nSPS) is 11.4. The third-order valence-electron chi connectivity index (χ3n) is 1.80. The first-order valence-corrected chi connectivity index (χ1v) is 4.30. The summed E-state index contributed by atoms with van der Waals surface area (Å²) in [6.45, 7) is 12.2. The van der Waals surface area contributed by atoms with Crippen LogP contribution in [0.3, 0.4) is 0 Å². The Morgan fingerprint density at radius 2 is 2.08 bits per heavy atom. The van der Waals surface area contributed by atoms with Crippen LogP contribution in [0.15, 0.2) is 12.7 Å². The predicted molar refractivity (Wildman–Crippen MR) is 51.8 cm³/mol. The van der Waals surface area contributed by atoms with Gasteiger partial charge in [-0.25, -0.2) is 0 Å². The van der Waals surface area contributed by atoms with Gasteiger partial charge in [-0.3, -0.25) is 4.79 Å². The van der Waals surface area contributed by atoms with E-state index in [-0.39, 0.29) is 17.2 Å². The Kier molecular flexibility index (Phi) is 4.01. The van der Waals surface area contributed by atoms with Crippen LogP contribution >= 0.6 is 0 Å². The highest BCUT2D eigenvalue weighted by atomic mass is 16.1. The molecule has 0 rings (SSSR count). The van der Waals surface area contributed by atoms with Crippen LogP contribution in [0.4, 0.5) is 0 Å². The van der Waals surface area contributed by atoms with Crippen LogP contribution in [0.2, 0.25) is 0 Å². The monoisotopic (exact) mass is 169 g/mol. The Labute approximate surface area is 75.0 Å². The summed E-state index contributed by atoms with van der Waals surface area (Å²) >= 11 is 0. The van der Waals surface area contributed by atoms with Crippen molar-refractivity contribution in [2.75, 3.05) is 6.54 Å². The van der Waals surface area contributed by atoms with Gasteiger partial charge in [0.25, 0.3) is 0 Å². The summed E-state index contributed by atoms with van der Waals surface area (Å²) in [5.41, 5.74) is -0.00937. The van der Waals surface area contributed by atoms with Crippen molar-refractivity contribution in [3.8, 4) is 0 Å². The Bertz CT molecular complexity index is 171. The zero-order chi connectivity index (χ0) is 9.78. The smallest absolute Gasteiger partial charge is 0.222 e. The maximum absolute atomic E-state index is 11.2. The summed E-state index contributed by atoms with van der Waals surface area (Å²) in [5.74, 6) is 0.163. The van der Waals surface area contributed by atoms with Gasteiger partial charge in [0, 0.05) is 12.5 Å². The fourth-order valence-corrected chi connectivity index (χ4v) is 0.591. The average Bonchev–Trinajstić information content (AvgIpc) is 2.00. The standard InChI is InChI=1S/C10H19NO/c1-6-10(4,5)7-11-9(12)8(2)3/h6,8H,1,7H2,2-5H3,(H,11,12). The van der Waals surface area contributed by atoms with Crippen molar-refractivity contribution < 1.29 is 4.79 Å². The zero-order valence-electron chi connectivity index (χ0n) is 8.48. The maximum atomic E-state index is 11.2. The van der Waals surface area contributed by atoms with Gasteiger partial charge in [-0.05, 0) is 5.41 Å². The molecule has 0 heterocycles. The van der Waals surface area contributed by atoms with Crippen molar-refractivity contribution in [3.63, 3.8) is 0 Å². The lowest BCUT2D eigenvalue weighted by atomic mass is 9.94. The van der Waals surface area contributed by atoms with E-state index >= 15 is 0 Å². The number of carbonyl (C=O) groups excluding carboxylic acids is 1. The molecular weight excluding hydrogens is 150 g/mol. The van der Waals surface area contributed by atoms with Crippen molar-refractivity contribution in [1.29, 1.82) is 0 Å². The van der Waals surface area contributed by atoms with E-state index in [1.165, 1.54) is 0 Å². The highest BCUT2D eigenvalue weighted by Crippen LogP contribution is 2.13. The van der Waals surface area contributed by atoms with Crippen LogP contribution in [0.25, 0.3) is 0 Å². The Morgan fingerprint density at radius 1 is 1.58 bits per heavy atom. The Hall–Kier alpha value is -0.790. The molecular formula is C10H19NO. The van der Waals surface area contributed by atoms with E-state index in [2.05, 4.69) is 11.9 Å². The SMILES string of the molecule is C=CC(C)(C)CNC(=O)C(C)C. The first-order valence-electron chi connectivity index (χ1n) is 4.30. The molecule has 0 spiro atoms. The molecule has 0 fully saturated rings. The molecule has 0 saturated heterocycles. The van der Waals surface area contributed by atoms with Gasteiger partial charge in [0.15, 0.2) is 0 Å². The van der Waals surface area contributed by atoms with Crippen LogP contribution in [-0.2, 0) is 4.79 Å². The van der Waals surface area contributed by atoms with Gasteiger partial charge in [0.05, 0.1) is 0 Å². The molecule has 1 amide bonds. The van der Waals surface area contributed by atoms with Gasteiger partial charge in [-0.2, -0.15) is 0 Å². The van der Waals surface area contributed by atoms with E-state index < -0.39 is 0 Å². The summed E-state index contributed by atoms with van der Waals surface area (Å²) in [6.07, 6.45) is 1.85. The third-order valence-corrected chi connectivity index (χ3v) is 1.80. The topological polar surface area (TPSA) is 29.1 Å². The van der Waals surface area contributed by atoms with Crippen LogP contribution in [-0.4, -0.2) is 12.5 Å². The molecule has 0 unspecified atom stereocenters. The van der Waals surface area contributed by atoms with Gasteiger partial charge in [-0.1, -0.05) is 33.8 Å². The highest BCUT2D eigenvalue weighted by Gasteiger charge is 2.15. The number of amides is 1. The first kappa shape index (κ1) is 11.2. The molecule has 0 atom stereocenters. The number of hydrogen-bond donors (Lipinski definition) is 1. The summed E-state index contributed by atoms with van der Waals surface area (Å²) in [5, 5.41) is 2.86. The molecule has 0 radical (unpaired) electrons. The van der Waals surface area contributed by atoms with Crippen molar-refractivity contribution in [2.45, 2.75) is 27.7 Å². The fourth-order valence-electron chi connectivity index (χ4n) is 0.591. The van der Waals surface area contributed by atoms with E-state index in [0.29, 0.717) is 6.54 Å². The maximum Gasteiger partial charge on any atom is 0.222 e. The molecule has 0 aliphatic carbocycles. The van der Waals surface area contributed by atoms with Crippen LogP contribution in [0.1, 0.15) is 27.7 Å². The number of carbonyl (C=O) groups is 1. The predicted octanol–water partition coefficient (Wildman–Crippen LogP) is 1.97. The van der Waals surface area contributed by atoms with Crippen molar-refractivity contribution in [2.24, 2.45) is 11.3 Å². The molecule has 70 valence electrons. The molecule has 0 aliphatic heterocycles. The molecule has 2 nitrogen and oxygen atoms in total. The second-order valence-electron chi connectivity index (χ2n) is 4.07. The van der Waals surface area contributed by atoms with Gasteiger partial charge >= 0.3 is 0 Å². The molecule has 1 N–H and O–H groups in total. The zero-order valence-corrected chi connectivity index (χ0v) is 8.48. The van der Waals surface area contributed by atoms with Gasteiger partial charge < -0.3 is 5.32 Å². The summed E-state index contributed by atoms with van der Waals surface area (Å²) in [6, 6.07) is 0. The molecule has 0 aromatic rings. The summed E-state index contributed by atoms with van der Waals surface area (Å²) < 4.78 is 0. The third kappa shape index (κ3) is 4.16. The lowest BCUT2D eigenvalue weighted by Gasteiger charge is -2.20. The number of hydrogen-bond acceptors (Lipinski definition) is 1. The van der Waals surface area contributed by atoms with Crippen LogP contribution in [0.5, 0.6) is 0 Å². The van der Waals surface area contributed by atoms with E-state index in [1.54, 1.807) is 0 Å². The van der Waals surface area contributed by atoms with E-state index in [9.17, 15) is 4.79 Å². The first-order chi connectivity index (χ1) is 5.39. The van der Waals surface area contributed by atoms with Crippen molar-refractivity contribution in [1.82, 2.24) is 5.32 Å². The lowest BCUT2D eigenvalue weighted by molar-refractivity contribution is -0.124. The molecule has 0 aromatic carbocycles. The van der Waals surface area contributed by atoms with E-state index in [1.807, 2.05) is 33.8 Å². The second-order valence-corrected chi connectivity index (χ2v) is 4.07. The Balaban J connectivity index is 3.83. The van der Waals surface area contributed by atoms with E-state index in [0.717, 1.165) is 0 Å². The minimum Gasteiger partial charge on any atom is -0.355 e. The van der Waals surface area contributed by atoms with Crippen LogP contribution in [0, 0.1) is 11.3 Å². The fraction of sp³-hybridized carbons (Fsp3) is 0.700. The minimum atomic E-state index is -0.00937. The van der Waals surface area contributed by atoms with Crippen molar-refractivity contribution in [3.05, 3.63) is 12.7 Å². The second kappa shape index (κ2) is 4.29. The minimum absolute atomic E-state index is 0.00937. The molecule has 12 heavy (non-hydrogen) atoms. The lowest BCUT2D eigenvalue weighted by Crippen LogP contribution is -2.35.